The lowest BCUT2D eigenvalue weighted by Crippen LogP contribution is -2.28. The standard InChI is InChI=1S/C18H20N2O3S/c1-3-23-17-10-9-16(13-14(17)2)24(21,22)20-12-11-19-18(20)15-7-5-4-6-8-15/h4-10,13H,3,11-12H2,1-2H3/p+1. The van der Waals surface area contributed by atoms with E-state index in [-0.39, 0.29) is 4.90 Å². The fraction of sp³-hybridized carbons (Fsp3) is 0.278. The first-order chi connectivity index (χ1) is 11.5. The molecule has 126 valence electrons. The van der Waals surface area contributed by atoms with Crippen LogP contribution < -0.4 is 10.1 Å². The van der Waals surface area contributed by atoms with Gasteiger partial charge in [-0.25, -0.2) is 0 Å². The third-order valence-electron chi connectivity index (χ3n) is 3.94. The van der Waals surface area contributed by atoms with E-state index in [0.717, 1.165) is 11.1 Å². The van der Waals surface area contributed by atoms with E-state index < -0.39 is 10.0 Å². The molecule has 1 aliphatic rings. The van der Waals surface area contributed by atoms with Crippen LogP contribution in [0.2, 0.25) is 0 Å². The topological polar surface area (TPSA) is 58.4 Å². The minimum Gasteiger partial charge on any atom is -0.494 e. The van der Waals surface area contributed by atoms with Gasteiger partial charge >= 0.3 is 10.0 Å². The number of sulfonamides is 1. The van der Waals surface area contributed by atoms with E-state index in [2.05, 4.69) is 5.32 Å². The lowest BCUT2D eigenvalue weighted by atomic mass is 10.2. The van der Waals surface area contributed by atoms with Crippen LogP contribution in [0, 0.1) is 6.92 Å². The minimum atomic E-state index is -3.61. The van der Waals surface area contributed by atoms with Crippen molar-refractivity contribution in [1.82, 2.24) is 5.32 Å². The summed E-state index contributed by atoms with van der Waals surface area (Å²) < 4.78 is 33.1. The van der Waals surface area contributed by atoms with Crippen molar-refractivity contribution < 1.29 is 17.1 Å². The normalized spacial score (nSPS) is 14.6. The number of ether oxygens (including phenoxy) is 1. The minimum absolute atomic E-state index is 0.278. The number of amidine groups is 1. The van der Waals surface area contributed by atoms with Crippen LogP contribution in [-0.4, -0.2) is 37.9 Å². The van der Waals surface area contributed by atoms with E-state index in [9.17, 15) is 8.42 Å². The molecule has 0 amide bonds. The lowest BCUT2D eigenvalue weighted by molar-refractivity contribution is -0.352. The Hall–Kier alpha value is -2.34. The van der Waals surface area contributed by atoms with Crippen molar-refractivity contribution in [3.05, 3.63) is 59.7 Å². The summed E-state index contributed by atoms with van der Waals surface area (Å²) in [7, 11) is -3.61. The van der Waals surface area contributed by atoms with Crippen LogP contribution >= 0.6 is 0 Å². The summed E-state index contributed by atoms with van der Waals surface area (Å²) in [6.07, 6.45) is 0. The predicted molar refractivity (Wildman–Crippen MR) is 93.2 cm³/mol. The zero-order valence-electron chi connectivity index (χ0n) is 13.8. The Morgan fingerprint density at radius 1 is 1.17 bits per heavy atom. The molecule has 0 saturated heterocycles. The number of hydrogen-bond acceptors (Lipinski definition) is 4. The molecule has 0 unspecified atom stereocenters. The Labute approximate surface area is 142 Å². The highest BCUT2D eigenvalue weighted by molar-refractivity contribution is 7.85. The van der Waals surface area contributed by atoms with E-state index in [1.807, 2.05) is 44.2 Å². The van der Waals surface area contributed by atoms with E-state index >= 15 is 0 Å². The van der Waals surface area contributed by atoms with Crippen molar-refractivity contribution >= 4 is 15.9 Å². The molecule has 0 fully saturated rings. The molecule has 1 heterocycles. The Kier molecular flexibility index (Phi) is 4.57. The number of nitrogens with zero attached hydrogens (tertiary/aromatic N) is 1. The number of rotatable bonds is 5. The summed E-state index contributed by atoms with van der Waals surface area (Å²) in [5, 5.41) is 3.18. The third kappa shape index (κ3) is 3.01. The maximum absolute atomic E-state index is 13.1. The van der Waals surface area contributed by atoms with E-state index in [1.165, 1.54) is 3.98 Å². The molecule has 0 atom stereocenters. The summed E-state index contributed by atoms with van der Waals surface area (Å²) in [4.78, 5) is 0.278. The molecule has 1 N–H and O–H groups in total. The van der Waals surface area contributed by atoms with Gasteiger partial charge in [0.15, 0.2) is 0 Å². The Morgan fingerprint density at radius 2 is 1.92 bits per heavy atom. The highest BCUT2D eigenvalue weighted by Crippen LogP contribution is 2.23. The van der Waals surface area contributed by atoms with Crippen molar-refractivity contribution in [3.8, 4) is 5.75 Å². The highest BCUT2D eigenvalue weighted by atomic mass is 32.2. The van der Waals surface area contributed by atoms with Gasteiger partial charge in [0, 0.05) is 0 Å². The first-order valence-electron chi connectivity index (χ1n) is 7.96. The van der Waals surface area contributed by atoms with Gasteiger partial charge in [-0.1, -0.05) is 18.2 Å². The lowest BCUT2D eigenvalue weighted by Gasteiger charge is -2.10. The van der Waals surface area contributed by atoms with Gasteiger partial charge in [-0.2, -0.15) is 8.42 Å². The highest BCUT2D eigenvalue weighted by Gasteiger charge is 2.33. The van der Waals surface area contributed by atoms with Crippen molar-refractivity contribution in [3.63, 3.8) is 0 Å². The first kappa shape index (κ1) is 16.5. The Balaban J connectivity index is 2.05. The summed E-state index contributed by atoms with van der Waals surface area (Å²) in [5.74, 6) is 1.34. The van der Waals surface area contributed by atoms with Gasteiger partial charge in [0.2, 0.25) is 0 Å². The molecule has 2 aromatic carbocycles. The average Bonchev–Trinajstić information content (AvgIpc) is 3.08. The van der Waals surface area contributed by atoms with Crippen LogP contribution in [0.25, 0.3) is 0 Å². The fourth-order valence-corrected chi connectivity index (χ4v) is 4.35. The second-order valence-corrected chi connectivity index (χ2v) is 7.44. The molecule has 0 aromatic heterocycles. The monoisotopic (exact) mass is 345 g/mol. The molecule has 24 heavy (non-hydrogen) atoms. The summed E-state index contributed by atoms with van der Waals surface area (Å²) in [5.41, 5.74) is 1.67. The van der Waals surface area contributed by atoms with Crippen molar-refractivity contribution in [2.75, 3.05) is 19.7 Å². The molecular formula is C18H21N2O3S+. The number of aryl methyl sites for hydroxylation is 1. The number of hydrogen-bond donors (Lipinski definition) is 1. The zero-order chi connectivity index (χ0) is 17.2. The maximum Gasteiger partial charge on any atom is 0.331 e. The van der Waals surface area contributed by atoms with Crippen LogP contribution in [0.1, 0.15) is 18.1 Å². The Morgan fingerprint density at radius 3 is 2.58 bits per heavy atom. The molecule has 3 rings (SSSR count). The Bertz CT molecular complexity index is 874. The zero-order valence-corrected chi connectivity index (χ0v) is 14.6. The van der Waals surface area contributed by atoms with Crippen LogP contribution in [-0.2, 0) is 10.0 Å². The number of nitrogens with one attached hydrogen (secondary N) is 1. The maximum atomic E-state index is 13.1. The summed E-state index contributed by atoms with van der Waals surface area (Å²) in [6.45, 7) is 5.32. The fourth-order valence-electron chi connectivity index (χ4n) is 2.79. The average molecular weight is 345 g/mol. The van der Waals surface area contributed by atoms with Gasteiger partial charge in [0.25, 0.3) is 5.84 Å². The van der Waals surface area contributed by atoms with Crippen LogP contribution in [0.5, 0.6) is 5.75 Å². The predicted octanol–water partition coefficient (Wildman–Crippen LogP) is 2.14. The van der Waals surface area contributed by atoms with Gasteiger partial charge in [-0.05, 0) is 49.7 Å². The van der Waals surface area contributed by atoms with Gasteiger partial charge < -0.3 is 4.74 Å². The second kappa shape index (κ2) is 6.65. The molecule has 2 aromatic rings. The van der Waals surface area contributed by atoms with Crippen LogP contribution in [0.3, 0.4) is 0 Å². The molecule has 1 aliphatic heterocycles. The summed E-state index contributed by atoms with van der Waals surface area (Å²) >= 11 is 0. The molecule has 0 radical (unpaired) electrons. The van der Waals surface area contributed by atoms with Crippen molar-refractivity contribution in [2.24, 2.45) is 0 Å². The van der Waals surface area contributed by atoms with E-state index in [0.29, 0.717) is 31.3 Å². The SMILES string of the molecule is CCOc1ccc(S(=O)(=O)[N+]2=C(c3ccccc3)NCC2)cc1C. The van der Waals surface area contributed by atoms with Gasteiger partial charge in [-0.3, -0.25) is 5.32 Å². The van der Waals surface area contributed by atoms with Gasteiger partial charge in [0.05, 0.1) is 12.2 Å². The first-order valence-corrected chi connectivity index (χ1v) is 9.40. The quantitative estimate of drug-likeness (QED) is 0.844. The summed E-state index contributed by atoms with van der Waals surface area (Å²) in [6, 6.07) is 14.5. The number of benzene rings is 2. The largest absolute Gasteiger partial charge is 0.494 e. The van der Waals surface area contributed by atoms with Crippen LogP contribution in [0.4, 0.5) is 0 Å². The molecule has 0 saturated carbocycles. The molecule has 5 nitrogen and oxygen atoms in total. The molecule has 0 bridgehead atoms. The smallest absolute Gasteiger partial charge is 0.331 e. The molecular weight excluding hydrogens is 324 g/mol. The van der Waals surface area contributed by atoms with Gasteiger partial charge in [0.1, 0.15) is 23.7 Å². The third-order valence-corrected chi connectivity index (χ3v) is 5.73. The van der Waals surface area contributed by atoms with E-state index in [4.69, 9.17) is 4.74 Å². The van der Waals surface area contributed by atoms with Gasteiger partial charge in [-0.15, -0.1) is 3.98 Å². The van der Waals surface area contributed by atoms with Crippen LogP contribution in [0.15, 0.2) is 53.4 Å². The van der Waals surface area contributed by atoms with E-state index in [1.54, 1.807) is 18.2 Å². The molecule has 0 aliphatic carbocycles. The van der Waals surface area contributed by atoms with Crippen molar-refractivity contribution in [1.29, 1.82) is 0 Å². The van der Waals surface area contributed by atoms with Crippen molar-refractivity contribution in [2.45, 2.75) is 18.7 Å². The second-order valence-electron chi connectivity index (χ2n) is 5.58. The molecule has 6 heteroatoms. The molecule has 0 spiro atoms.